The van der Waals surface area contributed by atoms with Crippen molar-refractivity contribution in [1.29, 1.82) is 0 Å². The van der Waals surface area contributed by atoms with E-state index in [9.17, 15) is 4.79 Å². The lowest BCUT2D eigenvalue weighted by Crippen LogP contribution is -2.11. The zero-order valence-electron chi connectivity index (χ0n) is 8.61. The zero-order valence-corrected chi connectivity index (χ0v) is 9.36. The van der Waals surface area contributed by atoms with Gasteiger partial charge in [0.15, 0.2) is 0 Å². The number of hydrogen-bond donors (Lipinski definition) is 0. The number of carbonyl (C=O) groups is 1. The van der Waals surface area contributed by atoms with E-state index in [4.69, 9.17) is 16.3 Å². The fourth-order valence-corrected chi connectivity index (χ4v) is 1.04. The van der Waals surface area contributed by atoms with Crippen molar-refractivity contribution in [2.45, 2.75) is 20.0 Å². The highest BCUT2D eigenvalue weighted by molar-refractivity contribution is 6.30. The van der Waals surface area contributed by atoms with Crippen LogP contribution in [0.3, 0.4) is 0 Å². The van der Waals surface area contributed by atoms with Crippen LogP contribution in [0.15, 0.2) is 29.3 Å². The van der Waals surface area contributed by atoms with Gasteiger partial charge in [-0.1, -0.05) is 11.6 Å². The fourth-order valence-electron chi connectivity index (χ4n) is 0.917. The monoisotopic (exact) mass is 225 g/mol. The highest BCUT2D eigenvalue weighted by Crippen LogP contribution is 2.15. The molecule has 0 aliphatic carbocycles. The average molecular weight is 226 g/mol. The van der Waals surface area contributed by atoms with E-state index in [-0.39, 0.29) is 6.10 Å². The lowest BCUT2D eigenvalue weighted by Gasteiger charge is -2.03. The molecule has 0 N–H and O–H groups in total. The largest absolute Gasteiger partial charge is 0.459 e. The molecule has 1 rings (SSSR count). The van der Waals surface area contributed by atoms with Crippen LogP contribution >= 0.6 is 11.6 Å². The summed E-state index contributed by atoms with van der Waals surface area (Å²) in [6.45, 7) is 3.57. The summed E-state index contributed by atoms with van der Waals surface area (Å²) in [7, 11) is 0. The second kappa shape index (κ2) is 5.51. The number of benzene rings is 1. The lowest BCUT2D eigenvalue weighted by molar-refractivity contribution is -0.138. The normalized spacial score (nSPS) is 10.9. The molecule has 0 aliphatic heterocycles. The Labute approximate surface area is 93.7 Å². The van der Waals surface area contributed by atoms with E-state index in [0.717, 1.165) is 6.21 Å². The number of carbonyl (C=O) groups excluding carboxylic acids is 1. The summed E-state index contributed by atoms with van der Waals surface area (Å²) in [4.78, 5) is 15.0. The van der Waals surface area contributed by atoms with Gasteiger partial charge in [0.1, 0.15) is 6.21 Å². The predicted octanol–water partition coefficient (Wildman–Crippen LogP) is 2.99. The van der Waals surface area contributed by atoms with E-state index >= 15 is 0 Å². The number of halogens is 1. The van der Waals surface area contributed by atoms with Crippen molar-refractivity contribution >= 4 is 29.5 Å². The Bertz CT molecular complexity index is 357. The molecular formula is C11H12ClNO2. The molecule has 4 heteroatoms. The molecule has 0 atom stereocenters. The minimum absolute atomic E-state index is 0.130. The molecule has 3 nitrogen and oxygen atoms in total. The van der Waals surface area contributed by atoms with E-state index in [0.29, 0.717) is 10.7 Å². The summed E-state index contributed by atoms with van der Waals surface area (Å²) < 4.78 is 4.88. The lowest BCUT2D eigenvalue weighted by atomic mass is 10.3. The number of nitrogens with zero attached hydrogens (tertiary/aromatic N) is 1. The van der Waals surface area contributed by atoms with Gasteiger partial charge in [-0.15, -0.1) is 0 Å². The molecule has 0 saturated heterocycles. The Hall–Kier alpha value is -1.35. The quantitative estimate of drug-likeness (QED) is 0.586. The summed E-state index contributed by atoms with van der Waals surface area (Å²) in [5.74, 6) is -0.444. The molecule has 0 aliphatic rings. The maximum absolute atomic E-state index is 11.1. The second-order valence-corrected chi connectivity index (χ2v) is 3.66. The number of rotatable bonds is 3. The molecule has 1 aromatic rings. The van der Waals surface area contributed by atoms with Crippen LogP contribution in [-0.4, -0.2) is 18.3 Å². The molecule has 0 amide bonds. The Morgan fingerprint density at radius 2 is 2.00 bits per heavy atom. The number of esters is 1. The van der Waals surface area contributed by atoms with E-state index in [1.165, 1.54) is 0 Å². The predicted molar refractivity (Wildman–Crippen MR) is 60.8 cm³/mol. The highest BCUT2D eigenvalue weighted by Gasteiger charge is 2.00. The van der Waals surface area contributed by atoms with Gasteiger partial charge >= 0.3 is 5.97 Å². The van der Waals surface area contributed by atoms with Gasteiger partial charge in [0.05, 0.1) is 11.8 Å². The summed E-state index contributed by atoms with van der Waals surface area (Å²) in [6, 6.07) is 6.87. The molecular weight excluding hydrogens is 214 g/mol. The Balaban J connectivity index is 2.57. The topological polar surface area (TPSA) is 38.7 Å². The van der Waals surface area contributed by atoms with Gasteiger partial charge < -0.3 is 4.74 Å². The molecule has 0 saturated carbocycles. The van der Waals surface area contributed by atoms with Crippen molar-refractivity contribution in [3.05, 3.63) is 29.3 Å². The average Bonchev–Trinajstić information content (AvgIpc) is 2.16. The van der Waals surface area contributed by atoms with E-state index < -0.39 is 5.97 Å². The summed E-state index contributed by atoms with van der Waals surface area (Å²) >= 11 is 5.70. The van der Waals surface area contributed by atoms with Gasteiger partial charge in [-0.3, -0.25) is 0 Å². The van der Waals surface area contributed by atoms with Gasteiger partial charge in [0, 0.05) is 5.02 Å². The second-order valence-electron chi connectivity index (χ2n) is 3.22. The van der Waals surface area contributed by atoms with Crippen molar-refractivity contribution in [3.8, 4) is 0 Å². The zero-order chi connectivity index (χ0) is 11.3. The van der Waals surface area contributed by atoms with Crippen LogP contribution in [0.5, 0.6) is 0 Å². The number of ether oxygens (including phenoxy) is 1. The highest BCUT2D eigenvalue weighted by atomic mass is 35.5. The van der Waals surface area contributed by atoms with Crippen LogP contribution in [0, 0.1) is 0 Å². The standard InChI is InChI=1S/C11H12ClNO2/c1-8(2)15-11(14)7-13-10-5-3-9(12)4-6-10/h3-8H,1-2H3. The summed E-state index contributed by atoms with van der Waals surface area (Å²) in [6.07, 6.45) is 1.03. The first-order chi connectivity index (χ1) is 7.08. The first-order valence-electron chi connectivity index (χ1n) is 4.58. The number of hydrogen-bond acceptors (Lipinski definition) is 3. The molecule has 80 valence electrons. The van der Waals surface area contributed by atoms with Gasteiger partial charge in [-0.05, 0) is 38.1 Å². The van der Waals surface area contributed by atoms with Crippen LogP contribution in [0.2, 0.25) is 5.02 Å². The molecule has 0 unspecified atom stereocenters. The summed E-state index contributed by atoms with van der Waals surface area (Å²) in [5.41, 5.74) is 0.667. The molecule has 0 fully saturated rings. The van der Waals surface area contributed by atoms with Crippen LogP contribution in [0.4, 0.5) is 5.69 Å². The first kappa shape index (κ1) is 11.7. The molecule has 0 aromatic heterocycles. The Morgan fingerprint density at radius 3 is 2.53 bits per heavy atom. The maximum Gasteiger partial charge on any atom is 0.349 e. The van der Waals surface area contributed by atoms with Crippen LogP contribution in [0.1, 0.15) is 13.8 Å². The molecule has 1 aromatic carbocycles. The van der Waals surface area contributed by atoms with Crippen LogP contribution < -0.4 is 0 Å². The maximum atomic E-state index is 11.1. The fraction of sp³-hybridized carbons (Fsp3) is 0.273. The van der Waals surface area contributed by atoms with Gasteiger partial charge in [-0.25, -0.2) is 9.79 Å². The SMILES string of the molecule is CC(C)OC(=O)C=Nc1ccc(Cl)cc1. The third-order valence-corrected chi connectivity index (χ3v) is 1.75. The molecule has 0 bridgehead atoms. The minimum Gasteiger partial charge on any atom is -0.459 e. The Kier molecular flexibility index (Phi) is 4.31. The van der Waals surface area contributed by atoms with Crippen molar-refractivity contribution < 1.29 is 9.53 Å². The van der Waals surface area contributed by atoms with E-state index in [2.05, 4.69) is 4.99 Å². The van der Waals surface area contributed by atoms with Crippen molar-refractivity contribution in [3.63, 3.8) is 0 Å². The first-order valence-corrected chi connectivity index (χ1v) is 4.96. The molecule has 0 spiro atoms. The van der Waals surface area contributed by atoms with E-state index in [1.54, 1.807) is 38.1 Å². The minimum atomic E-state index is -0.444. The van der Waals surface area contributed by atoms with Gasteiger partial charge in [-0.2, -0.15) is 0 Å². The smallest absolute Gasteiger partial charge is 0.349 e. The van der Waals surface area contributed by atoms with Gasteiger partial charge in [0.25, 0.3) is 0 Å². The van der Waals surface area contributed by atoms with Crippen LogP contribution in [0.25, 0.3) is 0 Å². The van der Waals surface area contributed by atoms with Crippen LogP contribution in [-0.2, 0) is 9.53 Å². The molecule has 0 heterocycles. The molecule has 0 radical (unpaired) electrons. The van der Waals surface area contributed by atoms with Crippen molar-refractivity contribution in [1.82, 2.24) is 0 Å². The Morgan fingerprint density at radius 1 is 1.40 bits per heavy atom. The third-order valence-electron chi connectivity index (χ3n) is 1.50. The summed E-state index contributed by atoms with van der Waals surface area (Å²) in [5, 5.41) is 0.638. The van der Waals surface area contributed by atoms with E-state index in [1.807, 2.05) is 0 Å². The van der Waals surface area contributed by atoms with Crippen molar-refractivity contribution in [2.24, 2.45) is 4.99 Å². The number of aliphatic imine (C=N–C) groups is 1. The van der Waals surface area contributed by atoms with Gasteiger partial charge in [0.2, 0.25) is 0 Å². The third kappa shape index (κ3) is 4.61. The molecule has 15 heavy (non-hydrogen) atoms. The van der Waals surface area contributed by atoms with Crippen molar-refractivity contribution in [2.75, 3.05) is 0 Å².